The molecule has 1 aromatic carbocycles. The normalized spacial score (nSPS) is 10.3. The Morgan fingerprint density at radius 1 is 1.04 bits per heavy atom. The van der Waals surface area contributed by atoms with Crippen LogP contribution in [0.2, 0.25) is 20.2 Å². The van der Waals surface area contributed by atoms with Gasteiger partial charge in [0.25, 0.3) is 5.91 Å². The Balaban J connectivity index is 1.94. The maximum Gasteiger partial charge on any atom is 0.253 e. The molecular formula is C14H9Cl4N3O2. The number of anilines is 1. The van der Waals surface area contributed by atoms with E-state index in [4.69, 9.17) is 46.4 Å². The van der Waals surface area contributed by atoms with Gasteiger partial charge in [-0.05, 0) is 24.3 Å². The molecule has 1 aromatic heterocycles. The standard InChI is InChI=1S/C14H9Cl4N3O2/c15-8-1-2-9(16)11(4-8)21-12(22)6-20-14(23)7-3-10(17)13(18)19-5-7/h1-5H,6H2,(H,20,23)(H,21,22). The van der Waals surface area contributed by atoms with Gasteiger partial charge >= 0.3 is 0 Å². The zero-order valence-corrected chi connectivity index (χ0v) is 14.4. The van der Waals surface area contributed by atoms with Gasteiger partial charge in [0.1, 0.15) is 5.15 Å². The summed E-state index contributed by atoms with van der Waals surface area (Å²) in [6, 6.07) is 6.02. The van der Waals surface area contributed by atoms with Crippen molar-refractivity contribution in [2.24, 2.45) is 0 Å². The molecular weight excluding hydrogens is 384 g/mol. The molecule has 1 heterocycles. The van der Waals surface area contributed by atoms with Gasteiger partial charge in [0.15, 0.2) is 0 Å². The molecule has 5 nitrogen and oxygen atoms in total. The number of amides is 2. The van der Waals surface area contributed by atoms with Crippen molar-refractivity contribution in [3.8, 4) is 0 Å². The average molecular weight is 393 g/mol. The number of nitrogens with zero attached hydrogens (tertiary/aromatic N) is 1. The Labute approximate surface area is 151 Å². The summed E-state index contributed by atoms with van der Waals surface area (Å²) < 4.78 is 0. The van der Waals surface area contributed by atoms with Crippen LogP contribution in [-0.2, 0) is 4.79 Å². The second kappa shape index (κ2) is 7.84. The molecule has 0 aliphatic carbocycles. The van der Waals surface area contributed by atoms with Gasteiger partial charge in [0.05, 0.1) is 27.8 Å². The van der Waals surface area contributed by atoms with Crippen LogP contribution in [0.3, 0.4) is 0 Å². The summed E-state index contributed by atoms with van der Waals surface area (Å²) in [6.45, 7) is -0.262. The minimum absolute atomic E-state index is 0.0940. The zero-order chi connectivity index (χ0) is 17.0. The van der Waals surface area contributed by atoms with E-state index < -0.39 is 11.8 Å². The highest BCUT2D eigenvalue weighted by Crippen LogP contribution is 2.25. The topological polar surface area (TPSA) is 71.1 Å². The first-order chi connectivity index (χ1) is 10.9. The van der Waals surface area contributed by atoms with Crippen molar-refractivity contribution in [1.29, 1.82) is 0 Å². The highest BCUT2D eigenvalue weighted by atomic mass is 35.5. The predicted octanol–water partition coefficient (Wildman–Crippen LogP) is 4.06. The van der Waals surface area contributed by atoms with E-state index in [9.17, 15) is 9.59 Å². The van der Waals surface area contributed by atoms with Crippen molar-refractivity contribution in [3.05, 3.63) is 56.2 Å². The summed E-state index contributed by atoms with van der Waals surface area (Å²) in [5.74, 6) is -0.973. The number of aromatic nitrogens is 1. The van der Waals surface area contributed by atoms with Crippen molar-refractivity contribution in [3.63, 3.8) is 0 Å². The number of carbonyl (C=O) groups is 2. The second-order valence-corrected chi connectivity index (χ2v) is 5.96. The second-order valence-electron chi connectivity index (χ2n) is 4.35. The third kappa shape index (κ3) is 4.97. The summed E-state index contributed by atoms with van der Waals surface area (Å²) in [4.78, 5) is 27.5. The van der Waals surface area contributed by atoms with Crippen LogP contribution >= 0.6 is 46.4 Å². The van der Waals surface area contributed by atoms with Crippen LogP contribution in [0.1, 0.15) is 10.4 Å². The van der Waals surface area contributed by atoms with E-state index in [1.54, 1.807) is 12.1 Å². The van der Waals surface area contributed by atoms with Gasteiger partial charge in [-0.2, -0.15) is 0 Å². The van der Waals surface area contributed by atoms with Crippen molar-refractivity contribution < 1.29 is 9.59 Å². The lowest BCUT2D eigenvalue weighted by molar-refractivity contribution is -0.115. The molecule has 0 aliphatic heterocycles. The quantitative estimate of drug-likeness (QED) is 0.770. The summed E-state index contributed by atoms with van der Waals surface area (Å²) in [5, 5.41) is 5.98. The molecule has 0 unspecified atom stereocenters. The van der Waals surface area contributed by atoms with Gasteiger partial charge in [-0.25, -0.2) is 4.98 Å². The van der Waals surface area contributed by atoms with Crippen LogP contribution in [0.5, 0.6) is 0 Å². The van der Waals surface area contributed by atoms with Crippen molar-refractivity contribution in [2.45, 2.75) is 0 Å². The molecule has 0 saturated heterocycles. The SMILES string of the molecule is O=C(CNC(=O)c1cnc(Cl)c(Cl)c1)Nc1cc(Cl)ccc1Cl. The Hall–Kier alpha value is -1.53. The first kappa shape index (κ1) is 17.8. The lowest BCUT2D eigenvalue weighted by Crippen LogP contribution is -2.33. The van der Waals surface area contributed by atoms with E-state index in [1.165, 1.54) is 18.3 Å². The molecule has 0 spiro atoms. The largest absolute Gasteiger partial charge is 0.343 e. The van der Waals surface area contributed by atoms with Crippen LogP contribution < -0.4 is 10.6 Å². The molecule has 0 atom stereocenters. The Bertz CT molecular complexity index is 768. The molecule has 2 amide bonds. The van der Waals surface area contributed by atoms with Gasteiger partial charge in [0, 0.05) is 11.2 Å². The molecule has 2 rings (SSSR count). The molecule has 0 aliphatic rings. The number of pyridine rings is 1. The summed E-state index contributed by atoms with van der Waals surface area (Å²) in [5.41, 5.74) is 0.544. The fourth-order valence-corrected chi connectivity index (χ4v) is 2.20. The molecule has 120 valence electrons. The number of carbonyl (C=O) groups excluding carboxylic acids is 2. The lowest BCUT2D eigenvalue weighted by Gasteiger charge is -2.09. The molecule has 0 fully saturated rings. The fraction of sp³-hybridized carbons (Fsp3) is 0.0714. The Kier molecular flexibility index (Phi) is 6.07. The Morgan fingerprint density at radius 3 is 2.48 bits per heavy atom. The van der Waals surface area contributed by atoms with E-state index in [0.29, 0.717) is 15.7 Å². The molecule has 0 radical (unpaired) electrons. The minimum atomic E-state index is -0.511. The van der Waals surface area contributed by atoms with Crippen LogP contribution in [0.15, 0.2) is 30.5 Å². The first-order valence-corrected chi connectivity index (χ1v) is 7.72. The van der Waals surface area contributed by atoms with Crippen LogP contribution in [-0.4, -0.2) is 23.3 Å². The van der Waals surface area contributed by atoms with Gasteiger partial charge in [-0.1, -0.05) is 46.4 Å². The zero-order valence-electron chi connectivity index (χ0n) is 11.4. The molecule has 9 heteroatoms. The summed E-state index contributed by atoms with van der Waals surface area (Å²) in [7, 11) is 0. The molecule has 2 N–H and O–H groups in total. The number of nitrogens with one attached hydrogen (secondary N) is 2. The molecule has 2 aromatic rings. The average Bonchev–Trinajstić information content (AvgIpc) is 2.51. The highest BCUT2D eigenvalue weighted by Gasteiger charge is 2.12. The minimum Gasteiger partial charge on any atom is -0.343 e. The van der Waals surface area contributed by atoms with E-state index in [1.807, 2.05) is 0 Å². The predicted molar refractivity (Wildman–Crippen MR) is 91.7 cm³/mol. The van der Waals surface area contributed by atoms with E-state index in [-0.39, 0.29) is 22.3 Å². The number of hydrogen-bond donors (Lipinski definition) is 2. The van der Waals surface area contributed by atoms with Crippen LogP contribution in [0, 0.1) is 0 Å². The van der Waals surface area contributed by atoms with Gasteiger partial charge in [-0.15, -0.1) is 0 Å². The Morgan fingerprint density at radius 2 is 1.78 bits per heavy atom. The summed E-state index contributed by atoms with van der Waals surface area (Å²) >= 11 is 23.2. The first-order valence-electron chi connectivity index (χ1n) is 6.21. The smallest absolute Gasteiger partial charge is 0.253 e. The number of hydrogen-bond acceptors (Lipinski definition) is 3. The van der Waals surface area contributed by atoms with E-state index in [2.05, 4.69) is 15.6 Å². The monoisotopic (exact) mass is 391 g/mol. The van der Waals surface area contributed by atoms with E-state index in [0.717, 1.165) is 0 Å². The van der Waals surface area contributed by atoms with Crippen molar-refractivity contribution >= 4 is 63.9 Å². The van der Waals surface area contributed by atoms with Gasteiger partial charge in [-0.3, -0.25) is 9.59 Å². The maximum atomic E-state index is 11.9. The van der Waals surface area contributed by atoms with E-state index >= 15 is 0 Å². The number of benzene rings is 1. The maximum absolute atomic E-state index is 11.9. The third-order valence-corrected chi connectivity index (χ3v) is 3.92. The molecule has 0 bridgehead atoms. The fourth-order valence-electron chi connectivity index (χ4n) is 1.60. The molecule has 0 saturated carbocycles. The number of halogens is 4. The third-order valence-electron chi connectivity index (χ3n) is 2.67. The van der Waals surface area contributed by atoms with Crippen molar-refractivity contribution in [2.75, 3.05) is 11.9 Å². The number of rotatable bonds is 4. The van der Waals surface area contributed by atoms with Gasteiger partial charge in [0.2, 0.25) is 5.91 Å². The van der Waals surface area contributed by atoms with Gasteiger partial charge < -0.3 is 10.6 Å². The van der Waals surface area contributed by atoms with Crippen molar-refractivity contribution in [1.82, 2.24) is 10.3 Å². The lowest BCUT2D eigenvalue weighted by atomic mass is 10.2. The van der Waals surface area contributed by atoms with Crippen LogP contribution in [0.4, 0.5) is 5.69 Å². The molecule has 23 heavy (non-hydrogen) atoms. The van der Waals surface area contributed by atoms with Crippen LogP contribution in [0.25, 0.3) is 0 Å². The highest BCUT2D eigenvalue weighted by molar-refractivity contribution is 6.41. The summed E-state index contributed by atoms with van der Waals surface area (Å²) in [6.07, 6.45) is 1.26.